The molecule has 0 radical (unpaired) electrons. The van der Waals surface area contributed by atoms with E-state index in [1.165, 1.54) is 7.11 Å². The first-order chi connectivity index (χ1) is 9.95. The minimum Gasteiger partial charge on any atom is -0.496 e. The Morgan fingerprint density at radius 2 is 1.95 bits per heavy atom. The van der Waals surface area contributed by atoms with Crippen LogP contribution in [-0.2, 0) is 0 Å². The maximum absolute atomic E-state index is 12.7. The number of ether oxygens (including phenoxy) is 1. The number of anilines is 1. The van der Waals surface area contributed by atoms with Gasteiger partial charge in [0, 0.05) is 23.3 Å². The van der Waals surface area contributed by atoms with Gasteiger partial charge in [-0.3, -0.25) is 4.79 Å². The predicted molar refractivity (Wildman–Crippen MR) is 89.6 cm³/mol. The second-order valence-electron chi connectivity index (χ2n) is 4.62. The first kappa shape index (κ1) is 15.9. The molecule has 2 aromatic rings. The van der Waals surface area contributed by atoms with Crippen molar-refractivity contribution >= 4 is 39.1 Å². The van der Waals surface area contributed by atoms with E-state index in [1.807, 2.05) is 31.2 Å². The van der Waals surface area contributed by atoms with Crippen LogP contribution in [0.25, 0.3) is 0 Å². The molecule has 0 aliphatic heterocycles. The van der Waals surface area contributed by atoms with Crippen molar-refractivity contribution in [2.75, 3.05) is 19.1 Å². The van der Waals surface area contributed by atoms with Crippen LogP contribution in [0.5, 0.6) is 5.75 Å². The highest BCUT2D eigenvalue weighted by atomic mass is 79.9. The molecule has 5 heteroatoms. The third-order valence-corrected chi connectivity index (χ3v) is 4.45. The molecule has 0 heterocycles. The van der Waals surface area contributed by atoms with Gasteiger partial charge < -0.3 is 9.64 Å². The lowest BCUT2D eigenvalue weighted by Crippen LogP contribution is -2.27. The number of hydrogen-bond donors (Lipinski definition) is 0. The Kier molecular flexibility index (Phi) is 4.91. The van der Waals surface area contributed by atoms with E-state index in [-0.39, 0.29) is 5.91 Å². The smallest absolute Gasteiger partial charge is 0.261 e. The Balaban J connectivity index is 2.45. The number of nitrogens with zero attached hydrogens (tertiary/aromatic N) is 1. The molecule has 3 nitrogen and oxygen atoms in total. The quantitative estimate of drug-likeness (QED) is 0.786. The van der Waals surface area contributed by atoms with Crippen molar-refractivity contribution < 1.29 is 9.53 Å². The summed E-state index contributed by atoms with van der Waals surface area (Å²) >= 11 is 9.38. The van der Waals surface area contributed by atoms with Crippen LogP contribution in [0.1, 0.15) is 15.9 Å². The van der Waals surface area contributed by atoms with Gasteiger partial charge in [0.1, 0.15) is 5.75 Å². The van der Waals surface area contributed by atoms with Crippen molar-refractivity contribution in [3.05, 3.63) is 57.0 Å². The van der Waals surface area contributed by atoms with Crippen molar-refractivity contribution in [2.24, 2.45) is 0 Å². The Morgan fingerprint density at radius 3 is 2.57 bits per heavy atom. The molecule has 0 bridgehead atoms. The maximum atomic E-state index is 12.7. The van der Waals surface area contributed by atoms with Gasteiger partial charge in [-0.15, -0.1) is 0 Å². The largest absolute Gasteiger partial charge is 0.496 e. The Bertz CT molecular complexity index is 688. The lowest BCUT2D eigenvalue weighted by atomic mass is 10.1. The van der Waals surface area contributed by atoms with Crippen LogP contribution in [0.2, 0.25) is 5.02 Å². The van der Waals surface area contributed by atoms with Crippen LogP contribution in [0, 0.1) is 6.92 Å². The fourth-order valence-electron chi connectivity index (χ4n) is 2.09. The molecule has 0 spiro atoms. The lowest BCUT2D eigenvalue weighted by Gasteiger charge is -2.21. The van der Waals surface area contributed by atoms with E-state index in [0.29, 0.717) is 20.8 Å². The van der Waals surface area contributed by atoms with Crippen LogP contribution in [0.15, 0.2) is 40.9 Å². The second-order valence-corrected chi connectivity index (χ2v) is 5.88. The molecule has 0 unspecified atom stereocenters. The van der Waals surface area contributed by atoms with Crippen molar-refractivity contribution in [1.29, 1.82) is 0 Å². The summed E-state index contributed by atoms with van der Waals surface area (Å²) in [6, 6.07) is 11.0. The standard InChI is InChI=1S/C16H15BrClNO2/c1-10-6-4-5-7-14(10)19(2)16(20)11-8-12(17)13(18)9-15(11)21-3/h4-9H,1-3H3. The number of benzene rings is 2. The van der Waals surface area contributed by atoms with E-state index in [1.54, 1.807) is 24.1 Å². The molecule has 0 fully saturated rings. The van der Waals surface area contributed by atoms with Crippen LogP contribution in [-0.4, -0.2) is 20.1 Å². The SMILES string of the molecule is COc1cc(Cl)c(Br)cc1C(=O)N(C)c1ccccc1C. The van der Waals surface area contributed by atoms with Crippen molar-refractivity contribution in [1.82, 2.24) is 0 Å². The van der Waals surface area contributed by atoms with Crippen molar-refractivity contribution in [2.45, 2.75) is 6.92 Å². The number of para-hydroxylation sites is 1. The number of aryl methyl sites for hydroxylation is 1. The first-order valence-corrected chi connectivity index (χ1v) is 7.49. The zero-order valence-corrected chi connectivity index (χ0v) is 14.3. The van der Waals surface area contributed by atoms with Crippen molar-refractivity contribution in [3.63, 3.8) is 0 Å². The summed E-state index contributed by atoms with van der Waals surface area (Å²) in [5.41, 5.74) is 2.34. The summed E-state index contributed by atoms with van der Waals surface area (Å²) in [4.78, 5) is 14.3. The number of halogens is 2. The molecule has 0 N–H and O–H groups in total. The van der Waals surface area contributed by atoms with Gasteiger partial charge >= 0.3 is 0 Å². The minimum atomic E-state index is -0.154. The third-order valence-electron chi connectivity index (χ3n) is 3.25. The summed E-state index contributed by atoms with van der Waals surface area (Å²) in [5, 5.41) is 0.502. The minimum absolute atomic E-state index is 0.154. The molecule has 0 saturated heterocycles. The van der Waals surface area contributed by atoms with Gasteiger partial charge in [-0.05, 0) is 40.5 Å². The second kappa shape index (κ2) is 6.50. The fraction of sp³-hybridized carbons (Fsp3) is 0.188. The summed E-state index contributed by atoms with van der Waals surface area (Å²) in [6.45, 7) is 1.97. The number of hydrogen-bond acceptors (Lipinski definition) is 2. The van der Waals surface area contributed by atoms with Crippen LogP contribution >= 0.6 is 27.5 Å². The third kappa shape index (κ3) is 3.22. The molecule has 2 rings (SSSR count). The molecular formula is C16H15BrClNO2. The van der Waals surface area contributed by atoms with Gasteiger partial charge in [0.15, 0.2) is 0 Å². The molecule has 110 valence electrons. The van der Waals surface area contributed by atoms with Gasteiger partial charge in [0.05, 0.1) is 17.7 Å². The van der Waals surface area contributed by atoms with Gasteiger partial charge in [0.25, 0.3) is 5.91 Å². The number of carbonyl (C=O) groups excluding carboxylic acids is 1. The van der Waals surface area contributed by atoms with Gasteiger partial charge in [-0.1, -0.05) is 29.8 Å². The topological polar surface area (TPSA) is 29.5 Å². The summed E-state index contributed by atoms with van der Waals surface area (Å²) in [7, 11) is 3.26. The molecule has 0 aromatic heterocycles. The van der Waals surface area contributed by atoms with Crippen LogP contribution < -0.4 is 9.64 Å². The van der Waals surface area contributed by atoms with Crippen LogP contribution in [0.4, 0.5) is 5.69 Å². The highest BCUT2D eigenvalue weighted by Gasteiger charge is 2.20. The van der Waals surface area contributed by atoms with E-state index in [9.17, 15) is 4.79 Å². The van der Waals surface area contributed by atoms with Gasteiger partial charge in [-0.2, -0.15) is 0 Å². The summed E-state index contributed by atoms with van der Waals surface area (Å²) in [6.07, 6.45) is 0. The number of methoxy groups -OCH3 is 1. The lowest BCUT2D eigenvalue weighted by molar-refractivity contribution is 0.0990. The Hall–Kier alpha value is -1.52. The van der Waals surface area contributed by atoms with Crippen molar-refractivity contribution in [3.8, 4) is 5.75 Å². The maximum Gasteiger partial charge on any atom is 0.261 e. The molecule has 1 amide bonds. The zero-order valence-electron chi connectivity index (χ0n) is 12.0. The molecule has 21 heavy (non-hydrogen) atoms. The Labute approximate surface area is 137 Å². The summed E-state index contributed by atoms with van der Waals surface area (Å²) < 4.78 is 5.92. The monoisotopic (exact) mass is 367 g/mol. The molecule has 0 aliphatic carbocycles. The fourth-order valence-corrected chi connectivity index (χ4v) is 2.59. The molecular weight excluding hydrogens is 354 g/mol. The summed E-state index contributed by atoms with van der Waals surface area (Å²) in [5.74, 6) is 0.298. The average Bonchev–Trinajstić information content (AvgIpc) is 2.48. The number of rotatable bonds is 3. The molecule has 2 aromatic carbocycles. The van der Waals surface area contributed by atoms with Gasteiger partial charge in [-0.25, -0.2) is 0 Å². The van der Waals surface area contributed by atoms with E-state index >= 15 is 0 Å². The highest BCUT2D eigenvalue weighted by Crippen LogP contribution is 2.32. The highest BCUT2D eigenvalue weighted by molar-refractivity contribution is 9.10. The molecule has 0 aliphatic rings. The van der Waals surface area contributed by atoms with E-state index in [2.05, 4.69) is 15.9 Å². The predicted octanol–water partition coefficient (Wildman–Crippen LogP) is 4.70. The Morgan fingerprint density at radius 1 is 1.29 bits per heavy atom. The number of amides is 1. The van der Waals surface area contributed by atoms with E-state index < -0.39 is 0 Å². The molecule has 0 atom stereocenters. The van der Waals surface area contributed by atoms with Crippen LogP contribution in [0.3, 0.4) is 0 Å². The zero-order chi connectivity index (χ0) is 15.6. The van der Waals surface area contributed by atoms with E-state index in [0.717, 1.165) is 11.3 Å². The number of carbonyl (C=O) groups is 1. The normalized spacial score (nSPS) is 10.3. The van der Waals surface area contributed by atoms with E-state index in [4.69, 9.17) is 16.3 Å². The average molecular weight is 369 g/mol. The molecule has 0 saturated carbocycles. The van der Waals surface area contributed by atoms with Gasteiger partial charge in [0.2, 0.25) is 0 Å². The first-order valence-electron chi connectivity index (χ1n) is 6.32.